The molecule has 0 aliphatic carbocycles. The van der Waals surface area contributed by atoms with Crippen LogP contribution < -0.4 is 15.4 Å². The highest BCUT2D eigenvalue weighted by Gasteiger charge is 2.11. The third-order valence-electron chi connectivity index (χ3n) is 5.62. The van der Waals surface area contributed by atoms with Crippen LogP contribution in [-0.4, -0.2) is 40.4 Å². The summed E-state index contributed by atoms with van der Waals surface area (Å²) in [5.74, 6) is 2.85. The van der Waals surface area contributed by atoms with Gasteiger partial charge >= 0.3 is 0 Å². The molecule has 32 heavy (non-hydrogen) atoms. The normalized spacial score (nSPS) is 13.4. The van der Waals surface area contributed by atoms with Crippen LogP contribution in [0.1, 0.15) is 37.2 Å². The number of aromatic nitrogens is 3. The minimum Gasteiger partial charge on any atom is -0.493 e. The zero-order valence-electron chi connectivity index (χ0n) is 19.0. The predicted molar refractivity (Wildman–Crippen MR) is 128 cm³/mol. The van der Waals surface area contributed by atoms with Crippen molar-refractivity contribution in [2.24, 2.45) is 4.99 Å². The van der Waals surface area contributed by atoms with Gasteiger partial charge in [-0.05, 0) is 54.2 Å². The van der Waals surface area contributed by atoms with Gasteiger partial charge in [0, 0.05) is 26.1 Å². The molecule has 2 aromatic carbocycles. The van der Waals surface area contributed by atoms with Crippen LogP contribution in [0.4, 0.5) is 0 Å². The number of hydrogen-bond acceptors (Lipinski definition) is 4. The van der Waals surface area contributed by atoms with E-state index in [1.54, 1.807) is 6.33 Å². The topological polar surface area (TPSA) is 76.4 Å². The molecule has 0 unspecified atom stereocenters. The van der Waals surface area contributed by atoms with Crippen LogP contribution in [0.25, 0.3) is 11.1 Å². The lowest BCUT2D eigenvalue weighted by atomic mass is 9.98. The van der Waals surface area contributed by atoms with Crippen molar-refractivity contribution in [3.05, 3.63) is 65.7 Å². The second-order valence-electron chi connectivity index (χ2n) is 7.89. The summed E-state index contributed by atoms with van der Waals surface area (Å²) in [5, 5.41) is 14.8. The molecule has 0 bridgehead atoms. The van der Waals surface area contributed by atoms with Crippen LogP contribution >= 0.6 is 0 Å². The molecule has 0 atom stereocenters. The van der Waals surface area contributed by atoms with Gasteiger partial charge in [0.2, 0.25) is 0 Å². The molecule has 0 saturated carbocycles. The van der Waals surface area contributed by atoms with E-state index in [0.717, 1.165) is 63.0 Å². The molecule has 7 heteroatoms. The Bertz CT molecular complexity index is 1040. The third kappa shape index (κ3) is 5.46. The number of rotatable bonds is 8. The van der Waals surface area contributed by atoms with Gasteiger partial charge in [-0.25, -0.2) is 4.99 Å². The summed E-state index contributed by atoms with van der Waals surface area (Å²) in [5.41, 5.74) is 4.94. The second-order valence-corrected chi connectivity index (χ2v) is 7.89. The molecule has 1 aliphatic rings. The molecule has 4 rings (SSSR count). The largest absolute Gasteiger partial charge is 0.493 e. The Morgan fingerprint density at radius 2 is 1.94 bits per heavy atom. The molecular formula is C25H32N6O. The summed E-state index contributed by atoms with van der Waals surface area (Å²) in [4.78, 5) is 4.74. The van der Waals surface area contributed by atoms with E-state index in [2.05, 4.69) is 81.7 Å². The summed E-state index contributed by atoms with van der Waals surface area (Å²) in [6.45, 7) is 8.00. The lowest BCUT2D eigenvalue weighted by Gasteiger charge is -2.18. The van der Waals surface area contributed by atoms with Gasteiger partial charge in [0.1, 0.15) is 17.9 Å². The maximum atomic E-state index is 5.73. The quantitative estimate of drug-likeness (QED) is 0.420. The van der Waals surface area contributed by atoms with Gasteiger partial charge in [-0.1, -0.05) is 37.3 Å². The maximum Gasteiger partial charge on any atom is 0.191 e. The van der Waals surface area contributed by atoms with Crippen molar-refractivity contribution in [2.75, 3.05) is 19.7 Å². The first-order valence-corrected chi connectivity index (χ1v) is 11.5. The number of nitrogens with zero attached hydrogens (tertiary/aromatic N) is 4. The summed E-state index contributed by atoms with van der Waals surface area (Å²) in [6, 6.07) is 15.2. The van der Waals surface area contributed by atoms with E-state index in [0.29, 0.717) is 6.54 Å². The molecule has 3 aromatic rings. The van der Waals surface area contributed by atoms with Crippen LogP contribution in [0.15, 0.2) is 53.8 Å². The number of ether oxygens (including phenoxy) is 1. The van der Waals surface area contributed by atoms with Crippen LogP contribution in [0.5, 0.6) is 5.75 Å². The van der Waals surface area contributed by atoms with Gasteiger partial charge in [0.05, 0.1) is 13.2 Å². The third-order valence-corrected chi connectivity index (χ3v) is 5.62. The van der Waals surface area contributed by atoms with Crippen LogP contribution in [0.2, 0.25) is 0 Å². The Labute approximate surface area is 189 Å². The van der Waals surface area contributed by atoms with Gasteiger partial charge in [-0.15, -0.1) is 10.2 Å². The van der Waals surface area contributed by atoms with Crippen molar-refractivity contribution in [1.82, 2.24) is 25.4 Å². The highest BCUT2D eigenvalue weighted by atomic mass is 16.5. The summed E-state index contributed by atoms with van der Waals surface area (Å²) < 4.78 is 7.81. The minimum absolute atomic E-state index is 0.625. The Morgan fingerprint density at radius 3 is 2.75 bits per heavy atom. The van der Waals surface area contributed by atoms with Crippen molar-refractivity contribution in [3.8, 4) is 16.9 Å². The Hall–Kier alpha value is -3.35. The fourth-order valence-corrected chi connectivity index (χ4v) is 3.89. The molecule has 1 aliphatic heterocycles. The zero-order chi connectivity index (χ0) is 22.2. The number of aliphatic imine (C=N–C) groups is 1. The second kappa shape index (κ2) is 10.8. The van der Waals surface area contributed by atoms with Gasteiger partial charge in [-0.2, -0.15) is 0 Å². The van der Waals surface area contributed by atoms with Gasteiger partial charge < -0.3 is 19.9 Å². The van der Waals surface area contributed by atoms with Crippen LogP contribution in [0, 0.1) is 0 Å². The van der Waals surface area contributed by atoms with Gasteiger partial charge in [0.15, 0.2) is 5.96 Å². The van der Waals surface area contributed by atoms with E-state index in [-0.39, 0.29) is 0 Å². The van der Waals surface area contributed by atoms with E-state index >= 15 is 0 Å². The summed E-state index contributed by atoms with van der Waals surface area (Å²) in [7, 11) is 0. The first-order chi connectivity index (χ1) is 15.8. The highest BCUT2D eigenvalue weighted by Crippen LogP contribution is 2.30. The van der Waals surface area contributed by atoms with Crippen molar-refractivity contribution in [1.29, 1.82) is 0 Å². The first kappa shape index (κ1) is 21.9. The fraction of sp³-hybridized carbons (Fsp3) is 0.400. The van der Waals surface area contributed by atoms with Crippen molar-refractivity contribution in [2.45, 2.75) is 46.2 Å². The van der Waals surface area contributed by atoms with E-state index in [9.17, 15) is 0 Å². The molecule has 2 N–H and O–H groups in total. The van der Waals surface area contributed by atoms with E-state index in [1.807, 2.05) is 0 Å². The molecule has 0 saturated heterocycles. The van der Waals surface area contributed by atoms with E-state index < -0.39 is 0 Å². The molecule has 0 spiro atoms. The van der Waals surface area contributed by atoms with Gasteiger partial charge in [-0.3, -0.25) is 0 Å². The molecule has 7 nitrogen and oxygen atoms in total. The number of guanidine groups is 1. The van der Waals surface area contributed by atoms with Crippen molar-refractivity contribution >= 4 is 5.96 Å². The van der Waals surface area contributed by atoms with Crippen molar-refractivity contribution in [3.63, 3.8) is 0 Å². The fourth-order valence-electron chi connectivity index (χ4n) is 3.89. The Morgan fingerprint density at radius 1 is 1.09 bits per heavy atom. The lowest BCUT2D eigenvalue weighted by molar-refractivity contribution is 0.288. The minimum atomic E-state index is 0.625. The molecule has 2 heterocycles. The van der Waals surface area contributed by atoms with Gasteiger partial charge in [0.25, 0.3) is 0 Å². The van der Waals surface area contributed by atoms with Crippen LogP contribution in [-0.2, 0) is 25.9 Å². The number of nitrogens with one attached hydrogen (secondary N) is 2. The smallest absolute Gasteiger partial charge is 0.191 e. The van der Waals surface area contributed by atoms with Crippen LogP contribution in [0.3, 0.4) is 0 Å². The Balaban J connectivity index is 1.35. The lowest BCUT2D eigenvalue weighted by Crippen LogP contribution is -2.38. The van der Waals surface area contributed by atoms with E-state index in [1.165, 1.54) is 22.3 Å². The molecule has 0 radical (unpaired) electrons. The van der Waals surface area contributed by atoms with Crippen molar-refractivity contribution < 1.29 is 4.74 Å². The number of hydrogen-bond donors (Lipinski definition) is 2. The number of aryl methyl sites for hydroxylation is 2. The molecule has 168 valence electrons. The molecule has 0 amide bonds. The molecular weight excluding hydrogens is 400 g/mol. The Kier molecular flexibility index (Phi) is 7.38. The average Bonchev–Trinajstić information content (AvgIpc) is 3.30. The number of fused-ring (bicyclic) bond motifs is 1. The monoisotopic (exact) mass is 432 g/mol. The molecule has 0 fully saturated rings. The maximum absolute atomic E-state index is 5.73. The first-order valence-electron chi connectivity index (χ1n) is 11.5. The zero-order valence-corrected chi connectivity index (χ0v) is 19.0. The predicted octanol–water partition coefficient (Wildman–Crippen LogP) is 3.59. The average molecular weight is 433 g/mol. The standard InChI is InChI=1S/C25H32N6O/c1-3-24-30-29-18-31(24)14-13-27-25(26-4-2)28-17-19-7-9-20(10-8-19)21-11-12-23-22(16-21)6-5-15-32-23/h7-12,16,18H,3-6,13-15,17H2,1-2H3,(H2,26,27,28). The summed E-state index contributed by atoms with van der Waals surface area (Å²) in [6.07, 6.45) is 4.84. The van der Waals surface area contributed by atoms with E-state index in [4.69, 9.17) is 9.73 Å². The molecule has 1 aromatic heterocycles. The highest BCUT2D eigenvalue weighted by molar-refractivity contribution is 5.79. The SMILES string of the molecule is CCNC(=NCc1ccc(-c2ccc3c(c2)CCCO3)cc1)NCCn1cnnc1CC. The number of benzene rings is 2. The summed E-state index contributed by atoms with van der Waals surface area (Å²) >= 11 is 0.